The normalized spacial score (nSPS) is 11.8. The average molecular weight is 189 g/mol. The fraction of sp³-hybridized carbons (Fsp3) is 0.250. The number of hydrogen-bond donors (Lipinski definition) is 0. The summed E-state index contributed by atoms with van der Waals surface area (Å²) in [5, 5.41) is 0.543. The van der Waals surface area contributed by atoms with Gasteiger partial charge in [-0.25, -0.2) is 8.78 Å². The van der Waals surface area contributed by atoms with Gasteiger partial charge in [0.1, 0.15) is 11.6 Å². The number of halogens is 2. The minimum Gasteiger partial charge on any atom is -0.287 e. The van der Waals surface area contributed by atoms with Gasteiger partial charge < -0.3 is 0 Å². The third-order valence-electron chi connectivity index (χ3n) is 1.28. The Morgan fingerprint density at radius 3 is 2.42 bits per heavy atom. The third kappa shape index (κ3) is 2.50. The van der Waals surface area contributed by atoms with Crippen molar-refractivity contribution in [2.75, 3.05) is 14.1 Å². The zero-order valence-corrected chi connectivity index (χ0v) is 7.94. The second kappa shape index (κ2) is 3.92. The monoisotopic (exact) mass is 189 g/mol. The van der Waals surface area contributed by atoms with E-state index in [-0.39, 0.29) is 8.73 Å². The number of hydrogen-bond acceptors (Lipinski definition) is 1. The van der Waals surface area contributed by atoms with Gasteiger partial charge in [-0.1, -0.05) is 0 Å². The van der Waals surface area contributed by atoms with Crippen molar-refractivity contribution in [1.82, 2.24) is 4.67 Å². The first-order valence-corrected chi connectivity index (χ1v) is 4.43. The van der Waals surface area contributed by atoms with Crippen LogP contribution in [0.1, 0.15) is 0 Å². The zero-order valence-electron chi connectivity index (χ0n) is 6.94. The van der Waals surface area contributed by atoms with Crippen LogP contribution in [-0.2, 0) is 0 Å². The number of nitrogens with zero attached hydrogens (tertiary/aromatic N) is 1. The average Bonchev–Trinajstić information content (AvgIpc) is 1.94. The van der Waals surface area contributed by atoms with Crippen LogP contribution in [-0.4, -0.2) is 18.8 Å². The molecule has 1 aromatic rings. The molecular formula is C8H10F2NP. The third-order valence-corrected chi connectivity index (χ3v) is 2.37. The zero-order chi connectivity index (χ0) is 9.14. The van der Waals surface area contributed by atoms with Crippen molar-refractivity contribution in [3.63, 3.8) is 0 Å². The van der Waals surface area contributed by atoms with Crippen molar-refractivity contribution in [2.24, 2.45) is 0 Å². The van der Waals surface area contributed by atoms with Crippen LogP contribution >= 0.6 is 8.73 Å². The van der Waals surface area contributed by atoms with Crippen LogP contribution in [0.4, 0.5) is 8.78 Å². The SMILES string of the molecule is CN(C)Pc1ccc(F)cc1F. The lowest BCUT2D eigenvalue weighted by atomic mass is 10.3. The summed E-state index contributed by atoms with van der Waals surface area (Å²) in [6.07, 6.45) is 0. The van der Waals surface area contributed by atoms with Crippen molar-refractivity contribution >= 4 is 14.0 Å². The molecule has 1 atom stereocenters. The molecule has 0 aliphatic rings. The van der Waals surface area contributed by atoms with E-state index in [1.165, 1.54) is 12.1 Å². The van der Waals surface area contributed by atoms with Crippen LogP contribution in [0.25, 0.3) is 0 Å². The summed E-state index contributed by atoms with van der Waals surface area (Å²) in [4.78, 5) is 0. The number of rotatable bonds is 2. The van der Waals surface area contributed by atoms with Gasteiger partial charge in [-0.05, 0) is 35.0 Å². The summed E-state index contributed by atoms with van der Waals surface area (Å²) < 4.78 is 27.2. The molecule has 1 aromatic carbocycles. The van der Waals surface area contributed by atoms with Crippen LogP contribution in [0.3, 0.4) is 0 Å². The molecule has 66 valence electrons. The molecule has 0 saturated heterocycles. The van der Waals surface area contributed by atoms with Crippen LogP contribution in [0.2, 0.25) is 0 Å². The maximum absolute atomic E-state index is 13.0. The van der Waals surface area contributed by atoms with Gasteiger partial charge in [0.25, 0.3) is 0 Å². The Kier molecular flexibility index (Phi) is 3.12. The van der Waals surface area contributed by atoms with Gasteiger partial charge >= 0.3 is 0 Å². The lowest BCUT2D eigenvalue weighted by Gasteiger charge is -2.09. The second-order valence-corrected chi connectivity index (χ2v) is 4.29. The fourth-order valence-electron chi connectivity index (χ4n) is 0.821. The maximum atomic E-state index is 13.0. The first-order chi connectivity index (χ1) is 5.59. The molecular weight excluding hydrogens is 179 g/mol. The summed E-state index contributed by atoms with van der Waals surface area (Å²) >= 11 is 0. The van der Waals surface area contributed by atoms with E-state index in [1.54, 1.807) is 0 Å². The summed E-state index contributed by atoms with van der Waals surface area (Å²) in [6.45, 7) is 0. The molecule has 0 N–H and O–H groups in total. The first kappa shape index (κ1) is 9.56. The summed E-state index contributed by atoms with van der Waals surface area (Å²) in [6, 6.07) is 3.66. The van der Waals surface area contributed by atoms with E-state index in [9.17, 15) is 8.78 Å². The van der Waals surface area contributed by atoms with E-state index in [0.29, 0.717) is 5.30 Å². The molecule has 0 heterocycles. The first-order valence-electron chi connectivity index (χ1n) is 3.48. The van der Waals surface area contributed by atoms with Crippen LogP contribution < -0.4 is 5.30 Å². The minimum atomic E-state index is -0.528. The summed E-state index contributed by atoms with van der Waals surface area (Å²) in [5.41, 5.74) is 0. The largest absolute Gasteiger partial charge is 0.287 e. The molecule has 0 radical (unpaired) electrons. The minimum absolute atomic E-state index is 0.248. The molecule has 1 unspecified atom stereocenters. The highest BCUT2D eigenvalue weighted by Crippen LogP contribution is 2.15. The van der Waals surface area contributed by atoms with Gasteiger partial charge in [0.2, 0.25) is 0 Å². The molecule has 12 heavy (non-hydrogen) atoms. The lowest BCUT2D eigenvalue weighted by molar-refractivity contribution is 0.587. The highest BCUT2D eigenvalue weighted by atomic mass is 31.1. The molecule has 0 aliphatic carbocycles. The molecule has 0 amide bonds. The quantitative estimate of drug-likeness (QED) is 0.640. The van der Waals surface area contributed by atoms with Crippen molar-refractivity contribution < 1.29 is 8.78 Å². The van der Waals surface area contributed by atoms with Crippen LogP contribution in [0.15, 0.2) is 18.2 Å². The van der Waals surface area contributed by atoms with E-state index in [0.717, 1.165) is 6.07 Å². The molecule has 0 saturated carbocycles. The summed E-state index contributed by atoms with van der Waals surface area (Å²) in [5.74, 6) is -0.998. The molecule has 1 rings (SSSR count). The van der Waals surface area contributed by atoms with Gasteiger partial charge in [-0.3, -0.25) is 4.67 Å². The Hall–Kier alpha value is -0.530. The van der Waals surface area contributed by atoms with E-state index in [4.69, 9.17) is 0 Å². The Morgan fingerprint density at radius 1 is 1.25 bits per heavy atom. The molecule has 0 fully saturated rings. The molecule has 0 aromatic heterocycles. The topological polar surface area (TPSA) is 3.24 Å². The van der Waals surface area contributed by atoms with Crippen LogP contribution in [0, 0.1) is 11.6 Å². The predicted octanol–water partition coefficient (Wildman–Crippen LogP) is 1.75. The van der Waals surface area contributed by atoms with Crippen LogP contribution in [0.5, 0.6) is 0 Å². The Labute approximate surface area is 72.2 Å². The van der Waals surface area contributed by atoms with Gasteiger partial charge in [0.05, 0.1) is 0 Å². The van der Waals surface area contributed by atoms with Gasteiger partial charge in [0, 0.05) is 11.4 Å². The Balaban J connectivity index is 2.86. The highest BCUT2D eigenvalue weighted by molar-refractivity contribution is 7.44. The van der Waals surface area contributed by atoms with Gasteiger partial charge in [-0.2, -0.15) is 0 Å². The van der Waals surface area contributed by atoms with Crippen molar-refractivity contribution in [1.29, 1.82) is 0 Å². The van der Waals surface area contributed by atoms with E-state index >= 15 is 0 Å². The molecule has 0 spiro atoms. The maximum Gasteiger partial charge on any atom is 0.134 e. The smallest absolute Gasteiger partial charge is 0.134 e. The standard InChI is InChI=1S/C8H10F2NP/c1-11(2)12-8-4-3-6(9)5-7(8)10/h3-5,12H,1-2H3. The van der Waals surface area contributed by atoms with Gasteiger partial charge in [0.15, 0.2) is 0 Å². The predicted molar refractivity (Wildman–Crippen MR) is 48.0 cm³/mol. The molecule has 0 bridgehead atoms. The Bertz CT molecular complexity index is 276. The molecule has 4 heteroatoms. The van der Waals surface area contributed by atoms with Gasteiger partial charge in [-0.15, -0.1) is 0 Å². The lowest BCUT2D eigenvalue weighted by Crippen LogP contribution is -2.09. The Morgan fingerprint density at radius 2 is 1.92 bits per heavy atom. The summed E-state index contributed by atoms with van der Waals surface area (Å²) in [7, 11) is 3.94. The van der Waals surface area contributed by atoms with E-state index in [1.807, 2.05) is 18.8 Å². The number of benzene rings is 1. The van der Waals surface area contributed by atoms with Crippen molar-refractivity contribution in [2.45, 2.75) is 0 Å². The molecule has 0 aliphatic heterocycles. The van der Waals surface area contributed by atoms with E-state index < -0.39 is 11.6 Å². The molecule has 1 nitrogen and oxygen atoms in total. The van der Waals surface area contributed by atoms with E-state index in [2.05, 4.69) is 0 Å². The van der Waals surface area contributed by atoms with Crippen molar-refractivity contribution in [3.8, 4) is 0 Å². The highest BCUT2D eigenvalue weighted by Gasteiger charge is 2.03. The van der Waals surface area contributed by atoms with Crippen molar-refractivity contribution in [3.05, 3.63) is 29.8 Å². The second-order valence-electron chi connectivity index (χ2n) is 2.63. The fourth-order valence-corrected chi connectivity index (χ4v) is 1.64.